The number of benzene rings is 1. The van der Waals surface area contributed by atoms with Crippen LogP contribution in [-0.4, -0.2) is 59.9 Å². The maximum Gasteiger partial charge on any atom is 0.327 e. The predicted molar refractivity (Wildman–Crippen MR) is 79.7 cm³/mol. The fourth-order valence-corrected chi connectivity index (χ4v) is 2.83. The van der Waals surface area contributed by atoms with Crippen molar-refractivity contribution in [1.82, 2.24) is 14.7 Å². The molecule has 1 heterocycles. The van der Waals surface area contributed by atoms with Crippen LogP contribution in [0.3, 0.4) is 0 Å². The van der Waals surface area contributed by atoms with Gasteiger partial charge in [-0.05, 0) is 32.5 Å². The zero-order valence-corrected chi connectivity index (χ0v) is 12.5. The maximum absolute atomic E-state index is 12.4. The van der Waals surface area contributed by atoms with E-state index in [1.165, 1.54) is 4.90 Å². The van der Waals surface area contributed by atoms with Gasteiger partial charge in [0.15, 0.2) is 0 Å². The van der Waals surface area contributed by atoms with E-state index >= 15 is 0 Å². The Morgan fingerprint density at radius 1 is 1.19 bits per heavy atom. The second kappa shape index (κ2) is 5.48. The molecule has 1 saturated carbocycles. The summed E-state index contributed by atoms with van der Waals surface area (Å²) in [7, 11) is 3.95. The minimum Gasteiger partial charge on any atom is -0.312 e. The Morgan fingerprint density at radius 3 is 2.43 bits per heavy atom. The zero-order valence-electron chi connectivity index (χ0n) is 12.5. The van der Waals surface area contributed by atoms with E-state index in [1.807, 2.05) is 44.4 Å². The van der Waals surface area contributed by atoms with Gasteiger partial charge in [0.1, 0.15) is 6.54 Å². The third-order valence-electron chi connectivity index (χ3n) is 4.23. The molecule has 1 aromatic rings. The Morgan fingerprint density at radius 2 is 1.86 bits per heavy atom. The smallest absolute Gasteiger partial charge is 0.312 e. The standard InChI is InChI=1S/C16H21N3O2/c1-17(2)14(12-6-4-3-5-7-12)10-19-15(20)11-18(16(19)21)13-8-9-13/h3-7,13-14H,8-11H2,1-2H3. The molecule has 112 valence electrons. The van der Waals surface area contributed by atoms with Crippen LogP contribution >= 0.6 is 0 Å². The summed E-state index contributed by atoms with van der Waals surface area (Å²) in [5, 5.41) is 0. The molecule has 1 atom stereocenters. The molecule has 1 unspecified atom stereocenters. The van der Waals surface area contributed by atoms with Crippen molar-refractivity contribution in [3.8, 4) is 0 Å². The van der Waals surface area contributed by atoms with E-state index in [1.54, 1.807) is 4.90 Å². The van der Waals surface area contributed by atoms with E-state index in [4.69, 9.17) is 0 Å². The van der Waals surface area contributed by atoms with Gasteiger partial charge in [-0.3, -0.25) is 9.69 Å². The number of hydrogen-bond donors (Lipinski definition) is 0. The number of nitrogens with zero attached hydrogens (tertiary/aromatic N) is 3. The summed E-state index contributed by atoms with van der Waals surface area (Å²) in [6, 6.07) is 10.2. The number of amides is 3. The van der Waals surface area contributed by atoms with Gasteiger partial charge < -0.3 is 9.80 Å². The quantitative estimate of drug-likeness (QED) is 0.775. The van der Waals surface area contributed by atoms with Gasteiger partial charge in [-0.25, -0.2) is 4.79 Å². The van der Waals surface area contributed by atoms with Crippen LogP contribution < -0.4 is 0 Å². The van der Waals surface area contributed by atoms with Crippen molar-refractivity contribution in [1.29, 1.82) is 0 Å². The lowest BCUT2D eigenvalue weighted by Gasteiger charge is -2.28. The Balaban J connectivity index is 1.77. The Hall–Kier alpha value is -1.88. The summed E-state index contributed by atoms with van der Waals surface area (Å²) < 4.78 is 0. The average Bonchev–Trinajstić information content (AvgIpc) is 3.26. The third kappa shape index (κ3) is 2.78. The van der Waals surface area contributed by atoms with E-state index in [2.05, 4.69) is 4.90 Å². The number of carbonyl (C=O) groups is 2. The predicted octanol–water partition coefficient (Wildman–Crippen LogP) is 1.72. The molecule has 1 saturated heterocycles. The van der Waals surface area contributed by atoms with Crippen LogP contribution in [0.5, 0.6) is 0 Å². The molecule has 1 aliphatic heterocycles. The molecule has 0 N–H and O–H groups in total. The second-order valence-electron chi connectivity index (χ2n) is 6.04. The first-order valence-electron chi connectivity index (χ1n) is 7.40. The molecule has 0 radical (unpaired) electrons. The van der Waals surface area contributed by atoms with Crippen LogP contribution in [0.4, 0.5) is 4.79 Å². The monoisotopic (exact) mass is 287 g/mol. The Labute approximate surface area is 125 Å². The molecule has 5 nitrogen and oxygen atoms in total. The lowest BCUT2D eigenvalue weighted by atomic mass is 10.1. The van der Waals surface area contributed by atoms with Crippen LogP contribution in [0.15, 0.2) is 30.3 Å². The van der Waals surface area contributed by atoms with Crippen molar-refractivity contribution in [2.24, 2.45) is 0 Å². The fourth-order valence-electron chi connectivity index (χ4n) is 2.83. The first kappa shape index (κ1) is 14.1. The average molecular weight is 287 g/mol. The summed E-state index contributed by atoms with van der Waals surface area (Å²) in [5.41, 5.74) is 1.12. The van der Waals surface area contributed by atoms with Gasteiger partial charge in [0, 0.05) is 6.04 Å². The number of likely N-dealkylation sites (N-methyl/N-ethyl adjacent to an activating group) is 1. The zero-order chi connectivity index (χ0) is 15.0. The van der Waals surface area contributed by atoms with Crippen molar-refractivity contribution in [2.45, 2.75) is 24.9 Å². The number of hydrogen-bond acceptors (Lipinski definition) is 3. The maximum atomic E-state index is 12.4. The van der Waals surface area contributed by atoms with E-state index in [9.17, 15) is 9.59 Å². The summed E-state index contributed by atoms with van der Waals surface area (Å²) in [5.74, 6) is -0.0744. The first-order chi connectivity index (χ1) is 10.1. The molecule has 0 aromatic heterocycles. The topological polar surface area (TPSA) is 43.9 Å². The highest BCUT2D eigenvalue weighted by molar-refractivity contribution is 6.02. The summed E-state index contributed by atoms with van der Waals surface area (Å²) in [4.78, 5) is 29.7. The highest BCUT2D eigenvalue weighted by Crippen LogP contribution is 2.31. The molecule has 3 amide bonds. The van der Waals surface area contributed by atoms with E-state index in [0.717, 1.165) is 18.4 Å². The molecule has 2 aliphatic rings. The number of rotatable bonds is 5. The molecule has 3 rings (SSSR count). The number of imide groups is 1. The van der Waals surface area contributed by atoms with Crippen LogP contribution in [0.2, 0.25) is 0 Å². The number of carbonyl (C=O) groups excluding carboxylic acids is 2. The fraction of sp³-hybridized carbons (Fsp3) is 0.500. The Bertz CT molecular complexity index is 540. The van der Waals surface area contributed by atoms with Crippen molar-refractivity contribution in [2.75, 3.05) is 27.2 Å². The SMILES string of the molecule is CN(C)C(CN1C(=O)CN(C2CC2)C1=O)c1ccccc1. The largest absolute Gasteiger partial charge is 0.327 e. The minimum absolute atomic E-state index is 0.0262. The highest BCUT2D eigenvalue weighted by Gasteiger charge is 2.44. The van der Waals surface area contributed by atoms with Crippen molar-refractivity contribution in [3.05, 3.63) is 35.9 Å². The van der Waals surface area contributed by atoms with Crippen LogP contribution in [0.25, 0.3) is 0 Å². The van der Waals surface area contributed by atoms with Crippen molar-refractivity contribution >= 4 is 11.9 Å². The van der Waals surface area contributed by atoms with Gasteiger partial charge >= 0.3 is 6.03 Å². The molecular formula is C16H21N3O2. The summed E-state index contributed by atoms with van der Waals surface area (Å²) >= 11 is 0. The number of urea groups is 1. The van der Waals surface area contributed by atoms with Gasteiger partial charge in [-0.15, -0.1) is 0 Å². The molecule has 21 heavy (non-hydrogen) atoms. The van der Waals surface area contributed by atoms with Gasteiger partial charge in [0.25, 0.3) is 0 Å². The second-order valence-corrected chi connectivity index (χ2v) is 6.04. The molecule has 0 bridgehead atoms. The normalized spacial score (nSPS) is 20.5. The van der Waals surface area contributed by atoms with E-state index < -0.39 is 0 Å². The summed E-state index contributed by atoms with van der Waals surface area (Å²) in [6.45, 7) is 0.663. The molecule has 1 aromatic carbocycles. The lowest BCUT2D eigenvalue weighted by molar-refractivity contribution is -0.125. The molecule has 0 spiro atoms. The first-order valence-corrected chi connectivity index (χ1v) is 7.40. The highest BCUT2D eigenvalue weighted by atomic mass is 16.2. The molecule has 5 heteroatoms. The molecule has 2 fully saturated rings. The van der Waals surface area contributed by atoms with Crippen LogP contribution in [-0.2, 0) is 4.79 Å². The molecule has 1 aliphatic carbocycles. The van der Waals surface area contributed by atoms with Gasteiger partial charge in [-0.2, -0.15) is 0 Å². The van der Waals surface area contributed by atoms with Crippen LogP contribution in [0.1, 0.15) is 24.4 Å². The molecular weight excluding hydrogens is 266 g/mol. The summed E-state index contributed by atoms with van der Waals surface area (Å²) in [6.07, 6.45) is 2.06. The van der Waals surface area contributed by atoms with Crippen molar-refractivity contribution in [3.63, 3.8) is 0 Å². The minimum atomic E-state index is -0.120. The van der Waals surface area contributed by atoms with Crippen LogP contribution in [0, 0.1) is 0 Å². The van der Waals surface area contributed by atoms with Gasteiger partial charge in [0.05, 0.1) is 12.6 Å². The van der Waals surface area contributed by atoms with E-state index in [-0.39, 0.29) is 24.5 Å². The van der Waals surface area contributed by atoms with E-state index in [0.29, 0.717) is 12.6 Å². The van der Waals surface area contributed by atoms with Gasteiger partial charge in [-0.1, -0.05) is 30.3 Å². The lowest BCUT2D eigenvalue weighted by Crippen LogP contribution is -2.40. The van der Waals surface area contributed by atoms with Gasteiger partial charge in [0.2, 0.25) is 5.91 Å². The third-order valence-corrected chi connectivity index (χ3v) is 4.23. The van der Waals surface area contributed by atoms with Crippen molar-refractivity contribution < 1.29 is 9.59 Å². The Kier molecular flexibility index (Phi) is 3.68.